The molecule has 1 saturated heterocycles. The summed E-state index contributed by atoms with van der Waals surface area (Å²) in [5.74, 6) is 0. The van der Waals surface area contributed by atoms with Crippen LogP contribution >= 0.6 is 15.9 Å². The average Bonchev–Trinajstić information content (AvgIpc) is 3.14. The van der Waals surface area contributed by atoms with E-state index in [-0.39, 0.29) is 5.41 Å². The van der Waals surface area contributed by atoms with Gasteiger partial charge in [0.05, 0.1) is 11.1 Å². The second-order valence-corrected chi connectivity index (χ2v) is 7.90. The van der Waals surface area contributed by atoms with Gasteiger partial charge < -0.3 is 4.90 Å². The minimum atomic E-state index is 0.0634. The number of hydrogen-bond acceptors (Lipinski definition) is 2. The first kappa shape index (κ1) is 13.8. The van der Waals surface area contributed by atoms with Crippen molar-refractivity contribution in [3.05, 3.63) is 58.1 Å². The molecule has 2 aromatic rings. The maximum absolute atomic E-state index is 4.96. The van der Waals surface area contributed by atoms with Gasteiger partial charge >= 0.3 is 0 Å². The van der Waals surface area contributed by atoms with Crippen LogP contribution in [0.2, 0.25) is 0 Å². The van der Waals surface area contributed by atoms with Gasteiger partial charge in [0.25, 0.3) is 0 Å². The first-order valence-corrected chi connectivity index (χ1v) is 9.20. The summed E-state index contributed by atoms with van der Waals surface area (Å²) in [6.07, 6.45) is 3.60. The molecule has 1 spiro atoms. The maximum Gasteiger partial charge on any atom is 0.0671 e. The van der Waals surface area contributed by atoms with Crippen LogP contribution in [0.25, 0.3) is 0 Å². The number of hydrogen-bond donors (Lipinski definition) is 0. The topological polar surface area (TPSA) is 15.6 Å². The molecule has 0 aliphatic carbocycles. The summed E-state index contributed by atoms with van der Waals surface area (Å²) in [6, 6.07) is 16.1. The van der Waals surface area contributed by atoms with E-state index in [1.54, 1.807) is 0 Å². The molecule has 0 radical (unpaired) electrons. The van der Waals surface area contributed by atoms with Gasteiger partial charge in [0.15, 0.2) is 0 Å². The summed E-state index contributed by atoms with van der Waals surface area (Å²) in [5.41, 5.74) is 6.85. The lowest BCUT2D eigenvalue weighted by Crippen LogP contribution is -2.55. The van der Waals surface area contributed by atoms with Crippen molar-refractivity contribution in [2.45, 2.75) is 37.6 Å². The molecule has 0 saturated carbocycles. The van der Waals surface area contributed by atoms with Gasteiger partial charge in [-0.3, -0.25) is 4.99 Å². The summed E-state index contributed by atoms with van der Waals surface area (Å²) in [7, 11) is 0. The van der Waals surface area contributed by atoms with Gasteiger partial charge in [-0.1, -0.05) is 40.2 Å². The molecule has 3 heteroatoms. The highest BCUT2D eigenvalue weighted by Crippen LogP contribution is 2.53. The lowest BCUT2D eigenvalue weighted by Gasteiger charge is -2.47. The van der Waals surface area contributed by atoms with Gasteiger partial charge in [0.2, 0.25) is 0 Å². The van der Waals surface area contributed by atoms with Crippen LogP contribution in [0, 0.1) is 0 Å². The minimum Gasteiger partial charge on any atom is -0.367 e. The number of nitrogens with zero attached hydrogens (tertiary/aromatic N) is 2. The molecule has 5 rings (SSSR count). The van der Waals surface area contributed by atoms with Crippen LogP contribution in [0.3, 0.4) is 0 Å². The van der Waals surface area contributed by atoms with Crippen molar-refractivity contribution in [1.82, 2.24) is 0 Å². The molecule has 116 valence electrons. The highest BCUT2D eigenvalue weighted by atomic mass is 79.9. The van der Waals surface area contributed by atoms with E-state index in [0.29, 0.717) is 6.04 Å². The second-order valence-electron chi connectivity index (χ2n) is 6.99. The third-order valence-electron chi connectivity index (χ3n) is 5.97. The van der Waals surface area contributed by atoms with Gasteiger partial charge in [-0.05, 0) is 55.5 Å². The number of halogens is 1. The molecular weight excluding hydrogens is 348 g/mol. The number of benzene rings is 2. The zero-order valence-corrected chi connectivity index (χ0v) is 14.8. The first-order valence-electron chi connectivity index (χ1n) is 8.40. The molecule has 3 aliphatic rings. The summed E-state index contributed by atoms with van der Waals surface area (Å²) in [4.78, 5) is 7.60. The maximum atomic E-state index is 4.96. The number of fused-ring (bicyclic) bond motifs is 6. The van der Waals surface area contributed by atoms with Crippen LogP contribution in [0.1, 0.15) is 30.9 Å². The van der Waals surface area contributed by atoms with Crippen LogP contribution in [-0.4, -0.2) is 18.3 Å². The third kappa shape index (κ3) is 1.72. The molecule has 2 unspecified atom stereocenters. The van der Waals surface area contributed by atoms with E-state index in [2.05, 4.69) is 70.2 Å². The van der Waals surface area contributed by atoms with Crippen LogP contribution < -0.4 is 4.90 Å². The van der Waals surface area contributed by atoms with Gasteiger partial charge in [0, 0.05) is 28.5 Å². The zero-order chi connectivity index (χ0) is 15.6. The minimum absolute atomic E-state index is 0.0634. The Bertz CT molecular complexity index is 841. The summed E-state index contributed by atoms with van der Waals surface area (Å²) >= 11 is 3.65. The lowest BCUT2D eigenvalue weighted by molar-refractivity contribution is 0.433. The Morgan fingerprint density at radius 2 is 2.09 bits per heavy atom. The highest BCUT2D eigenvalue weighted by molar-refractivity contribution is 9.10. The van der Waals surface area contributed by atoms with E-state index in [0.717, 1.165) is 13.0 Å². The van der Waals surface area contributed by atoms with E-state index in [1.165, 1.54) is 45.5 Å². The van der Waals surface area contributed by atoms with Crippen molar-refractivity contribution in [2.75, 3.05) is 11.4 Å². The Morgan fingerprint density at radius 3 is 3.00 bits per heavy atom. The molecule has 3 heterocycles. The van der Waals surface area contributed by atoms with Gasteiger partial charge in [-0.15, -0.1) is 0 Å². The van der Waals surface area contributed by atoms with Crippen molar-refractivity contribution in [1.29, 1.82) is 0 Å². The molecule has 23 heavy (non-hydrogen) atoms. The predicted molar refractivity (Wildman–Crippen MR) is 99.1 cm³/mol. The van der Waals surface area contributed by atoms with E-state index in [1.807, 2.05) is 0 Å². The molecule has 0 N–H and O–H groups in total. The summed E-state index contributed by atoms with van der Waals surface area (Å²) in [5, 5.41) is 0. The Balaban J connectivity index is 1.77. The average molecular weight is 367 g/mol. The largest absolute Gasteiger partial charge is 0.367 e. The highest BCUT2D eigenvalue weighted by Gasteiger charge is 2.53. The summed E-state index contributed by atoms with van der Waals surface area (Å²) in [6.45, 7) is 3.39. The van der Waals surface area contributed by atoms with Crippen molar-refractivity contribution >= 4 is 33.0 Å². The Labute approximate surface area is 145 Å². The van der Waals surface area contributed by atoms with Crippen LogP contribution in [-0.2, 0) is 11.8 Å². The van der Waals surface area contributed by atoms with Gasteiger partial charge in [0.1, 0.15) is 0 Å². The smallest absolute Gasteiger partial charge is 0.0671 e. The fourth-order valence-electron chi connectivity index (χ4n) is 5.01. The molecule has 0 aromatic heterocycles. The number of para-hydroxylation sites is 1. The normalized spacial score (nSPS) is 27.7. The van der Waals surface area contributed by atoms with E-state index in [9.17, 15) is 0 Å². The van der Waals surface area contributed by atoms with Crippen LogP contribution in [0.5, 0.6) is 0 Å². The predicted octanol–water partition coefficient (Wildman–Crippen LogP) is 5.02. The molecular formula is C20H19BrN2. The van der Waals surface area contributed by atoms with Crippen molar-refractivity contribution in [2.24, 2.45) is 4.99 Å². The quantitative estimate of drug-likeness (QED) is 0.639. The van der Waals surface area contributed by atoms with Crippen LogP contribution in [0.4, 0.5) is 11.4 Å². The Hall–Kier alpha value is -1.61. The number of rotatable bonds is 0. The fourth-order valence-corrected chi connectivity index (χ4v) is 5.36. The Kier molecular flexibility index (Phi) is 2.82. The van der Waals surface area contributed by atoms with E-state index in [4.69, 9.17) is 4.99 Å². The molecule has 2 aromatic carbocycles. The molecule has 2 atom stereocenters. The number of aliphatic imine (C=N–C) groups is 1. The molecule has 2 nitrogen and oxygen atoms in total. The monoisotopic (exact) mass is 366 g/mol. The fraction of sp³-hybridized carbons (Fsp3) is 0.350. The van der Waals surface area contributed by atoms with Crippen LogP contribution in [0.15, 0.2) is 51.9 Å². The number of anilines is 1. The van der Waals surface area contributed by atoms with E-state index < -0.39 is 0 Å². The summed E-state index contributed by atoms with van der Waals surface area (Å²) < 4.78 is 1.18. The van der Waals surface area contributed by atoms with Gasteiger partial charge in [-0.2, -0.15) is 0 Å². The van der Waals surface area contributed by atoms with E-state index >= 15 is 0 Å². The zero-order valence-electron chi connectivity index (χ0n) is 13.2. The van der Waals surface area contributed by atoms with Crippen molar-refractivity contribution < 1.29 is 0 Å². The second kappa shape index (κ2) is 4.70. The first-order chi connectivity index (χ1) is 11.2. The van der Waals surface area contributed by atoms with Crippen molar-refractivity contribution in [3.63, 3.8) is 0 Å². The molecule has 0 bridgehead atoms. The molecule has 3 aliphatic heterocycles. The van der Waals surface area contributed by atoms with Gasteiger partial charge in [-0.25, -0.2) is 0 Å². The SMILES string of the molecule is CC1=Nc2ccccc2C12Cc1ccc(Br)cc1N1CCCC12. The Morgan fingerprint density at radius 1 is 1.22 bits per heavy atom. The molecule has 0 amide bonds. The molecule has 1 fully saturated rings. The lowest BCUT2D eigenvalue weighted by atomic mass is 9.65. The third-order valence-corrected chi connectivity index (χ3v) is 6.46. The standard InChI is InChI=1S/C20H19BrN2/c1-13-20(16-5-2-3-6-17(16)22-13)12-14-8-9-15(21)11-18(14)23-10-4-7-19(20)23/h2-3,5-6,8-9,11,19H,4,7,10,12H2,1H3. The van der Waals surface area contributed by atoms with Crippen molar-refractivity contribution in [3.8, 4) is 0 Å².